The van der Waals surface area contributed by atoms with Gasteiger partial charge < -0.3 is 24.8 Å². The van der Waals surface area contributed by atoms with Crippen molar-refractivity contribution < 1.29 is 23.8 Å². The number of carbonyl (C=O) groups is 2. The molecule has 0 aliphatic heterocycles. The van der Waals surface area contributed by atoms with E-state index < -0.39 is 6.10 Å². The van der Waals surface area contributed by atoms with Crippen molar-refractivity contribution in [3.8, 4) is 17.2 Å². The van der Waals surface area contributed by atoms with E-state index in [9.17, 15) is 9.59 Å². The number of rotatable bonds is 11. The lowest BCUT2D eigenvalue weighted by Gasteiger charge is -2.19. The van der Waals surface area contributed by atoms with Gasteiger partial charge in [0.05, 0.1) is 24.6 Å². The topological polar surface area (TPSA) is 85.9 Å². The van der Waals surface area contributed by atoms with Crippen molar-refractivity contribution in [3.05, 3.63) is 77.9 Å². The molecule has 184 valence electrons. The molecule has 0 radical (unpaired) electrons. The molecule has 0 bridgehead atoms. The normalized spacial score (nSPS) is 11.3. The maximum Gasteiger partial charge on any atom is 0.265 e. The third-order valence-electron chi connectivity index (χ3n) is 5.24. The quantitative estimate of drug-likeness (QED) is 0.371. The fraction of sp³-hybridized carbons (Fsp3) is 0.286. The van der Waals surface area contributed by atoms with E-state index in [-0.39, 0.29) is 11.8 Å². The number of carbonyl (C=O) groups excluding carboxylic acids is 2. The highest BCUT2D eigenvalue weighted by atomic mass is 16.5. The molecule has 2 amide bonds. The van der Waals surface area contributed by atoms with Gasteiger partial charge in [0.25, 0.3) is 11.8 Å². The van der Waals surface area contributed by atoms with Crippen LogP contribution in [-0.4, -0.2) is 31.1 Å². The molecule has 0 heterocycles. The maximum atomic E-state index is 12.9. The minimum absolute atomic E-state index is 0.276. The Hall–Kier alpha value is -4.00. The van der Waals surface area contributed by atoms with E-state index in [0.717, 1.165) is 6.42 Å². The Labute approximate surface area is 206 Å². The van der Waals surface area contributed by atoms with Crippen LogP contribution < -0.4 is 24.8 Å². The van der Waals surface area contributed by atoms with Gasteiger partial charge in [-0.15, -0.1) is 0 Å². The van der Waals surface area contributed by atoms with Gasteiger partial charge >= 0.3 is 0 Å². The Morgan fingerprint density at radius 1 is 0.800 bits per heavy atom. The van der Waals surface area contributed by atoms with Gasteiger partial charge in [0.1, 0.15) is 17.2 Å². The van der Waals surface area contributed by atoms with Crippen molar-refractivity contribution in [1.29, 1.82) is 0 Å². The van der Waals surface area contributed by atoms with E-state index in [1.165, 1.54) is 5.56 Å². The first-order chi connectivity index (χ1) is 16.9. The number of nitrogens with one attached hydrogen (secondary N) is 2. The first kappa shape index (κ1) is 25.6. The molecule has 0 aliphatic rings. The summed E-state index contributed by atoms with van der Waals surface area (Å²) < 4.78 is 17.3. The molecule has 0 spiro atoms. The number of anilines is 2. The predicted octanol–water partition coefficient (Wildman–Crippen LogP) is 5.70. The number of benzene rings is 3. The van der Waals surface area contributed by atoms with Crippen molar-refractivity contribution in [1.82, 2.24) is 0 Å². The van der Waals surface area contributed by atoms with E-state index in [4.69, 9.17) is 14.2 Å². The van der Waals surface area contributed by atoms with Gasteiger partial charge in [-0.25, -0.2) is 0 Å². The van der Waals surface area contributed by atoms with Gasteiger partial charge in [-0.3, -0.25) is 9.59 Å². The fourth-order valence-corrected chi connectivity index (χ4v) is 3.38. The van der Waals surface area contributed by atoms with Crippen molar-refractivity contribution in [2.24, 2.45) is 0 Å². The Kier molecular flexibility index (Phi) is 9.12. The molecular formula is C28H32N2O5. The highest BCUT2D eigenvalue weighted by Crippen LogP contribution is 2.37. The standard InChI is InChI=1S/C28H32N2O5/c1-5-20-13-15-22(16-14-20)35-19(4)27(31)29-23-17-26(34-7-3)24(18-25(23)33-6-2)30-28(32)21-11-9-8-10-12-21/h8-19H,5-7H2,1-4H3,(H,29,31)(H,30,32). The Morgan fingerprint density at radius 3 is 1.91 bits per heavy atom. The van der Waals surface area contributed by atoms with Gasteiger partial charge in [-0.1, -0.05) is 37.3 Å². The summed E-state index contributed by atoms with van der Waals surface area (Å²) in [6, 6.07) is 19.9. The van der Waals surface area contributed by atoms with Gasteiger partial charge in [0.15, 0.2) is 6.10 Å². The van der Waals surface area contributed by atoms with Crippen LogP contribution in [-0.2, 0) is 11.2 Å². The largest absolute Gasteiger partial charge is 0.492 e. The van der Waals surface area contributed by atoms with Crippen LogP contribution in [0.3, 0.4) is 0 Å². The second kappa shape index (κ2) is 12.5. The number of aryl methyl sites for hydroxylation is 1. The summed E-state index contributed by atoms with van der Waals surface area (Å²) in [6.07, 6.45) is 0.186. The summed E-state index contributed by atoms with van der Waals surface area (Å²) in [5.74, 6) is 0.825. The molecular weight excluding hydrogens is 444 g/mol. The summed E-state index contributed by atoms with van der Waals surface area (Å²) in [5.41, 5.74) is 2.58. The smallest absolute Gasteiger partial charge is 0.265 e. The zero-order valence-corrected chi connectivity index (χ0v) is 20.6. The van der Waals surface area contributed by atoms with E-state index in [1.807, 2.05) is 44.2 Å². The van der Waals surface area contributed by atoms with Crippen LogP contribution in [0.2, 0.25) is 0 Å². The average Bonchev–Trinajstić information content (AvgIpc) is 2.87. The summed E-state index contributed by atoms with van der Waals surface area (Å²) in [5, 5.41) is 5.74. The zero-order valence-electron chi connectivity index (χ0n) is 20.6. The van der Waals surface area contributed by atoms with Crippen LogP contribution in [0.25, 0.3) is 0 Å². The average molecular weight is 477 g/mol. The molecule has 7 nitrogen and oxygen atoms in total. The molecule has 0 aliphatic carbocycles. The lowest BCUT2D eigenvalue weighted by Crippen LogP contribution is -2.30. The van der Waals surface area contributed by atoms with E-state index in [2.05, 4.69) is 17.6 Å². The van der Waals surface area contributed by atoms with Crippen LogP contribution in [0.1, 0.15) is 43.6 Å². The van der Waals surface area contributed by atoms with Crippen molar-refractivity contribution in [2.75, 3.05) is 23.8 Å². The Balaban J connectivity index is 1.81. The number of hydrogen-bond acceptors (Lipinski definition) is 5. The minimum Gasteiger partial charge on any atom is -0.492 e. The number of amides is 2. The fourth-order valence-electron chi connectivity index (χ4n) is 3.38. The van der Waals surface area contributed by atoms with Crippen LogP contribution in [0.5, 0.6) is 17.2 Å². The number of hydrogen-bond donors (Lipinski definition) is 2. The summed E-state index contributed by atoms with van der Waals surface area (Å²) >= 11 is 0. The highest BCUT2D eigenvalue weighted by Gasteiger charge is 2.20. The molecule has 35 heavy (non-hydrogen) atoms. The molecule has 0 saturated carbocycles. The van der Waals surface area contributed by atoms with Gasteiger partial charge in [0.2, 0.25) is 0 Å². The molecule has 0 fully saturated rings. The lowest BCUT2D eigenvalue weighted by atomic mass is 10.1. The van der Waals surface area contributed by atoms with Gasteiger partial charge in [-0.2, -0.15) is 0 Å². The van der Waals surface area contributed by atoms with Crippen molar-refractivity contribution in [3.63, 3.8) is 0 Å². The first-order valence-corrected chi connectivity index (χ1v) is 11.8. The second-order valence-electron chi connectivity index (χ2n) is 7.78. The predicted molar refractivity (Wildman–Crippen MR) is 138 cm³/mol. The van der Waals surface area contributed by atoms with Crippen LogP contribution in [0, 0.1) is 0 Å². The Bertz CT molecular complexity index is 1130. The number of ether oxygens (including phenoxy) is 3. The van der Waals surface area contributed by atoms with Crippen LogP contribution in [0.15, 0.2) is 66.7 Å². The SMILES string of the molecule is CCOc1cc(NC(=O)C(C)Oc2ccc(CC)cc2)c(OCC)cc1NC(=O)c1ccccc1. The van der Waals surface area contributed by atoms with Crippen LogP contribution in [0.4, 0.5) is 11.4 Å². The molecule has 3 rings (SSSR count). The summed E-state index contributed by atoms with van der Waals surface area (Å²) in [4.78, 5) is 25.6. The minimum atomic E-state index is -0.745. The maximum absolute atomic E-state index is 12.9. The van der Waals surface area contributed by atoms with Crippen molar-refractivity contribution >= 4 is 23.2 Å². The first-order valence-electron chi connectivity index (χ1n) is 11.8. The second-order valence-corrected chi connectivity index (χ2v) is 7.78. The molecule has 2 N–H and O–H groups in total. The van der Waals surface area contributed by atoms with Crippen molar-refractivity contribution in [2.45, 2.75) is 40.2 Å². The highest BCUT2D eigenvalue weighted by molar-refractivity contribution is 6.05. The lowest BCUT2D eigenvalue weighted by molar-refractivity contribution is -0.122. The molecule has 1 atom stereocenters. The molecule has 7 heteroatoms. The monoisotopic (exact) mass is 476 g/mol. The third kappa shape index (κ3) is 6.99. The molecule has 3 aromatic rings. The third-order valence-corrected chi connectivity index (χ3v) is 5.24. The van der Waals surface area contributed by atoms with E-state index in [1.54, 1.807) is 43.3 Å². The Morgan fingerprint density at radius 2 is 1.37 bits per heavy atom. The molecule has 3 aromatic carbocycles. The summed E-state index contributed by atoms with van der Waals surface area (Å²) in [6.45, 7) is 8.20. The van der Waals surface area contributed by atoms with E-state index in [0.29, 0.717) is 47.4 Å². The van der Waals surface area contributed by atoms with E-state index >= 15 is 0 Å². The molecule has 1 unspecified atom stereocenters. The van der Waals surface area contributed by atoms with Crippen LogP contribution >= 0.6 is 0 Å². The molecule has 0 saturated heterocycles. The summed E-state index contributed by atoms with van der Waals surface area (Å²) in [7, 11) is 0. The zero-order chi connectivity index (χ0) is 25.2. The van der Waals surface area contributed by atoms with Gasteiger partial charge in [0, 0.05) is 17.7 Å². The van der Waals surface area contributed by atoms with Gasteiger partial charge in [-0.05, 0) is 57.0 Å². The molecule has 0 aromatic heterocycles.